The van der Waals surface area contributed by atoms with Crippen molar-refractivity contribution >= 4 is 5.91 Å². The standard InChI is InChI=1S/C12H15NO2/c1-2-6-12(15)13-9-11(14)10-7-4-3-5-8-10/h2-8,11,14H,9H2,1H3,(H,13,15)/b6-2+. The molecule has 0 saturated heterocycles. The summed E-state index contributed by atoms with van der Waals surface area (Å²) in [6, 6.07) is 9.24. The van der Waals surface area contributed by atoms with Crippen LogP contribution >= 0.6 is 0 Å². The van der Waals surface area contributed by atoms with E-state index in [0.717, 1.165) is 5.56 Å². The third kappa shape index (κ3) is 3.95. The lowest BCUT2D eigenvalue weighted by Crippen LogP contribution is -2.26. The van der Waals surface area contributed by atoms with Crippen molar-refractivity contribution in [3.05, 3.63) is 48.0 Å². The Morgan fingerprint density at radius 3 is 2.73 bits per heavy atom. The van der Waals surface area contributed by atoms with E-state index in [0.29, 0.717) is 0 Å². The van der Waals surface area contributed by atoms with Crippen LogP contribution in [-0.2, 0) is 4.79 Å². The van der Waals surface area contributed by atoms with E-state index in [1.54, 1.807) is 13.0 Å². The van der Waals surface area contributed by atoms with E-state index in [1.807, 2.05) is 30.3 Å². The molecule has 0 aromatic heterocycles. The molecule has 1 rings (SSSR count). The summed E-state index contributed by atoms with van der Waals surface area (Å²) in [5.41, 5.74) is 0.804. The summed E-state index contributed by atoms with van der Waals surface area (Å²) < 4.78 is 0. The molecule has 0 fully saturated rings. The van der Waals surface area contributed by atoms with Gasteiger partial charge in [-0.25, -0.2) is 0 Å². The summed E-state index contributed by atoms with van der Waals surface area (Å²) in [7, 11) is 0. The molecule has 1 unspecified atom stereocenters. The fourth-order valence-electron chi connectivity index (χ4n) is 1.20. The molecule has 0 spiro atoms. The summed E-state index contributed by atoms with van der Waals surface area (Å²) in [6.07, 6.45) is 2.43. The van der Waals surface area contributed by atoms with Gasteiger partial charge in [0.1, 0.15) is 0 Å². The van der Waals surface area contributed by atoms with Crippen molar-refractivity contribution in [1.29, 1.82) is 0 Å². The zero-order chi connectivity index (χ0) is 11.1. The van der Waals surface area contributed by atoms with E-state index >= 15 is 0 Å². The van der Waals surface area contributed by atoms with Gasteiger partial charge in [-0.15, -0.1) is 0 Å². The van der Waals surface area contributed by atoms with Gasteiger partial charge in [-0.2, -0.15) is 0 Å². The maximum atomic E-state index is 11.1. The van der Waals surface area contributed by atoms with Crippen molar-refractivity contribution in [2.45, 2.75) is 13.0 Å². The molecule has 0 aliphatic carbocycles. The summed E-state index contributed by atoms with van der Waals surface area (Å²) in [4.78, 5) is 11.1. The Kier molecular flexibility index (Phi) is 4.57. The number of hydrogen-bond acceptors (Lipinski definition) is 2. The summed E-state index contributed by atoms with van der Waals surface area (Å²) in [5.74, 6) is -0.188. The molecule has 1 aromatic rings. The first-order valence-electron chi connectivity index (χ1n) is 4.87. The van der Waals surface area contributed by atoms with Crippen LogP contribution in [0.4, 0.5) is 0 Å². The van der Waals surface area contributed by atoms with Crippen LogP contribution in [0.2, 0.25) is 0 Å². The van der Waals surface area contributed by atoms with Gasteiger partial charge in [0.05, 0.1) is 6.10 Å². The minimum Gasteiger partial charge on any atom is -0.387 e. The monoisotopic (exact) mass is 205 g/mol. The molecule has 0 heterocycles. The highest BCUT2D eigenvalue weighted by molar-refractivity contribution is 5.87. The number of hydrogen-bond donors (Lipinski definition) is 2. The van der Waals surface area contributed by atoms with Crippen LogP contribution in [0.25, 0.3) is 0 Å². The molecule has 1 amide bonds. The smallest absolute Gasteiger partial charge is 0.243 e. The van der Waals surface area contributed by atoms with Crippen LogP contribution in [0, 0.1) is 0 Å². The van der Waals surface area contributed by atoms with Gasteiger partial charge < -0.3 is 10.4 Å². The number of aliphatic hydroxyl groups is 1. The first-order valence-corrected chi connectivity index (χ1v) is 4.87. The molecule has 0 aliphatic rings. The Bertz CT molecular complexity index is 333. The van der Waals surface area contributed by atoms with Crippen LogP contribution in [0.1, 0.15) is 18.6 Å². The van der Waals surface area contributed by atoms with Crippen molar-refractivity contribution in [2.75, 3.05) is 6.54 Å². The fraction of sp³-hybridized carbons (Fsp3) is 0.250. The number of benzene rings is 1. The molecule has 3 nitrogen and oxygen atoms in total. The zero-order valence-corrected chi connectivity index (χ0v) is 8.68. The van der Waals surface area contributed by atoms with Gasteiger partial charge in [-0.3, -0.25) is 4.79 Å². The molecule has 1 atom stereocenters. The van der Waals surface area contributed by atoms with Gasteiger partial charge in [-0.05, 0) is 18.6 Å². The molecular formula is C12H15NO2. The summed E-state index contributed by atoms with van der Waals surface area (Å²) >= 11 is 0. The van der Waals surface area contributed by atoms with Crippen LogP contribution in [0.15, 0.2) is 42.5 Å². The van der Waals surface area contributed by atoms with E-state index in [9.17, 15) is 9.90 Å². The molecule has 0 radical (unpaired) electrons. The van der Waals surface area contributed by atoms with Crippen molar-refractivity contribution in [3.8, 4) is 0 Å². The third-order valence-corrected chi connectivity index (χ3v) is 1.97. The van der Waals surface area contributed by atoms with Crippen molar-refractivity contribution < 1.29 is 9.90 Å². The van der Waals surface area contributed by atoms with Crippen LogP contribution in [-0.4, -0.2) is 17.6 Å². The highest BCUT2D eigenvalue weighted by Crippen LogP contribution is 2.10. The maximum absolute atomic E-state index is 11.1. The molecular weight excluding hydrogens is 190 g/mol. The number of carbonyl (C=O) groups excluding carboxylic acids is 1. The van der Waals surface area contributed by atoms with Gasteiger partial charge in [0.2, 0.25) is 5.91 Å². The Hall–Kier alpha value is -1.61. The highest BCUT2D eigenvalue weighted by Gasteiger charge is 2.06. The number of amides is 1. The number of aliphatic hydroxyl groups excluding tert-OH is 1. The lowest BCUT2D eigenvalue weighted by atomic mass is 10.1. The minimum absolute atomic E-state index is 0.188. The SMILES string of the molecule is C/C=C/C(=O)NCC(O)c1ccccc1. The second kappa shape index (κ2) is 5.98. The first kappa shape index (κ1) is 11.5. The Morgan fingerprint density at radius 1 is 1.47 bits per heavy atom. The van der Waals surface area contributed by atoms with Gasteiger partial charge in [-0.1, -0.05) is 36.4 Å². The quantitative estimate of drug-likeness (QED) is 0.730. The Morgan fingerprint density at radius 2 is 2.13 bits per heavy atom. The van der Waals surface area contributed by atoms with E-state index in [1.165, 1.54) is 6.08 Å². The van der Waals surface area contributed by atoms with Crippen molar-refractivity contribution in [3.63, 3.8) is 0 Å². The normalized spacial score (nSPS) is 12.7. The van der Waals surface area contributed by atoms with E-state index in [-0.39, 0.29) is 12.5 Å². The molecule has 0 aliphatic heterocycles. The largest absolute Gasteiger partial charge is 0.387 e. The molecule has 80 valence electrons. The number of nitrogens with one attached hydrogen (secondary N) is 1. The van der Waals surface area contributed by atoms with Crippen LogP contribution in [0.3, 0.4) is 0 Å². The average Bonchev–Trinajstić information content (AvgIpc) is 2.27. The molecule has 2 N–H and O–H groups in total. The molecule has 1 aromatic carbocycles. The molecule has 3 heteroatoms. The van der Waals surface area contributed by atoms with Gasteiger partial charge in [0.25, 0.3) is 0 Å². The summed E-state index contributed by atoms with van der Waals surface area (Å²) in [5, 5.41) is 12.3. The lowest BCUT2D eigenvalue weighted by Gasteiger charge is -2.10. The van der Waals surface area contributed by atoms with E-state index in [2.05, 4.69) is 5.32 Å². The minimum atomic E-state index is -0.652. The average molecular weight is 205 g/mol. The van der Waals surface area contributed by atoms with E-state index in [4.69, 9.17) is 0 Å². The van der Waals surface area contributed by atoms with E-state index < -0.39 is 6.10 Å². The second-order valence-corrected chi connectivity index (χ2v) is 3.17. The summed E-state index contributed by atoms with van der Waals surface area (Å²) in [6.45, 7) is 2.00. The van der Waals surface area contributed by atoms with Gasteiger partial charge in [0.15, 0.2) is 0 Å². The topological polar surface area (TPSA) is 49.3 Å². The highest BCUT2D eigenvalue weighted by atomic mass is 16.3. The lowest BCUT2D eigenvalue weighted by molar-refractivity contribution is -0.116. The fourth-order valence-corrected chi connectivity index (χ4v) is 1.20. The maximum Gasteiger partial charge on any atom is 0.243 e. The van der Waals surface area contributed by atoms with Gasteiger partial charge >= 0.3 is 0 Å². The van der Waals surface area contributed by atoms with Gasteiger partial charge in [0, 0.05) is 6.54 Å². The predicted octanol–water partition coefficient (Wildman–Crippen LogP) is 1.41. The van der Waals surface area contributed by atoms with Crippen molar-refractivity contribution in [2.24, 2.45) is 0 Å². The molecule has 0 saturated carbocycles. The number of carbonyl (C=O) groups is 1. The van der Waals surface area contributed by atoms with Crippen LogP contribution in [0.5, 0.6) is 0 Å². The Balaban J connectivity index is 2.43. The first-order chi connectivity index (χ1) is 7.24. The van der Waals surface area contributed by atoms with Crippen molar-refractivity contribution in [1.82, 2.24) is 5.32 Å². The molecule has 15 heavy (non-hydrogen) atoms. The Labute approximate surface area is 89.4 Å². The number of rotatable bonds is 4. The third-order valence-electron chi connectivity index (χ3n) is 1.97. The molecule has 0 bridgehead atoms. The second-order valence-electron chi connectivity index (χ2n) is 3.17. The zero-order valence-electron chi connectivity index (χ0n) is 8.68. The van der Waals surface area contributed by atoms with Crippen LogP contribution < -0.4 is 5.32 Å². The predicted molar refractivity (Wildman–Crippen MR) is 59.2 cm³/mol. The number of allylic oxidation sites excluding steroid dienone is 1.